The maximum Gasteiger partial charge on any atom is 0.257 e. The molecule has 2 saturated heterocycles. The largest absolute Gasteiger partial charge is 0.397 e. The van der Waals surface area contributed by atoms with Crippen LogP contribution in [0.25, 0.3) is 0 Å². The van der Waals surface area contributed by atoms with E-state index in [-0.39, 0.29) is 17.5 Å². The van der Waals surface area contributed by atoms with E-state index in [1.54, 1.807) is 7.11 Å². The van der Waals surface area contributed by atoms with Gasteiger partial charge in [0.2, 0.25) is 0 Å². The van der Waals surface area contributed by atoms with Gasteiger partial charge in [-0.15, -0.1) is 0 Å². The highest BCUT2D eigenvalue weighted by atomic mass is 79.9. The molecule has 35 heavy (non-hydrogen) atoms. The van der Waals surface area contributed by atoms with Crippen LogP contribution in [-0.2, 0) is 4.84 Å². The number of carbonyl (C=O) groups is 1. The molecule has 0 aliphatic carbocycles. The molecule has 4 rings (SSSR count). The van der Waals surface area contributed by atoms with Gasteiger partial charge in [0, 0.05) is 54.3 Å². The van der Waals surface area contributed by atoms with Gasteiger partial charge in [-0.1, -0.05) is 33.2 Å². The molecule has 0 radical (unpaired) electrons. The lowest BCUT2D eigenvalue weighted by Gasteiger charge is -2.52. The van der Waals surface area contributed by atoms with Gasteiger partial charge in [-0.2, -0.15) is 0 Å². The number of amidine groups is 1. The van der Waals surface area contributed by atoms with Gasteiger partial charge in [-0.25, -0.2) is 9.97 Å². The van der Waals surface area contributed by atoms with Crippen LogP contribution >= 0.6 is 15.9 Å². The van der Waals surface area contributed by atoms with E-state index in [2.05, 4.69) is 66.8 Å². The predicted molar refractivity (Wildman–Crippen MR) is 140 cm³/mol. The topological polar surface area (TPSA) is 74.2 Å². The van der Waals surface area contributed by atoms with Crippen molar-refractivity contribution in [1.82, 2.24) is 24.7 Å². The number of nitrogens with zero attached hydrogens (tertiary/aromatic N) is 6. The second-order valence-corrected chi connectivity index (χ2v) is 10.7. The lowest BCUT2D eigenvalue weighted by atomic mass is 9.86. The maximum atomic E-state index is 13.2. The number of likely N-dealkylation sites (tertiary alicyclic amines) is 1. The Morgan fingerprint density at radius 1 is 1.09 bits per heavy atom. The third-order valence-corrected chi connectivity index (χ3v) is 8.04. The zero-order valence-electron chi connectivity index (χ0n) is 21.3. The Hall–Kier alpha value is -2.52. The number of hydrogen-bond donors (Lipinski definition) is 0. The van der Waals surface area contributed by atoms with E-state index in [1.165, 1.54) is 6.33 Å². The smallest absolute Gasteiger partial charge is 0.257 e. The quantitative estimate of drug-likeness (QED) is 0.331. The molecule has 3 heterocycles. The Kier molecular flexibility index (Phi) is 7.76. The summed E-state index contributed by atoms with van der Waals surface area (Å²) >= 11 is 3.51. The van der Waals surface area contributed by atoms with Crippen molar-refractivity contribution in [3.63, 3.8) is 0 Å². The van der Waals surface area contributed by atoms with Crippen LogP contribution in [0.2, 0.25) is 0 Å². The number of piperazine rings is 1. The lowest BCUT2D eigenvalue weighted by Crippen LogP contribution is -2.63. The summed E-state index contributed by atoms with van der Waals surface area (Å²) in [6, 6.07) is 8.47. The third-order valence-electron chi connectivity index (χ3n) is 7.51. The molecule has 0 saturated carbocycles. The first-order valence-electron chi connectivity index (χ1n) is 12.2. The number of halogens is 1. The zero-order valence-corrected chi connectivity index (χ0v) is 22.9. The summed E-state index contributed by atoms with van der Waals surface area (Å²) in [5.41, 5.74) is 3.25. The summed E-state index contributed by atoms with van der Waals surface area (Å²) in [5, 5.41) is 4.38. The molecule has 188 valence electrons. The van der Waals surface area contributed by atoms with E-state index in [0.717, 1.165) is 72.8 Å². The average molecular weight is 544 g/mol. The van der Waals surface area contributed by atoms with Crippen LogP contribution in [0.4, 0.5) is 0 Å². The fourth-order valence-electron chi connectivity index (χ4n) is 5.29. The van der Waals surface area contributed by atoms with Crippen molar-refractivity contribution in [2.24, 2.45) is 5.16 Å². The number of oxime groups is 1. The first-order chi connectivity index (χ1) is 16.7. The van der Waals surface area contributed by atoms with Gasteiger partial charge in [0.25, 0.3) is 5.91 Å². The first-order valence-corrected chi connectivity index (χ1v) is 13.0. The Balaban J connectivity index is 1.41. The SMILES string of the molecule is CON=C(c1ccc(Br)cc1)N1CCN(C2(C)CCN(C(=O)c3c(C)ncnc3C)CC2)C[C@@H]1C. The summed E-state index contributed by atoms with van der Waals surface area (Å²) in [4.78, 5) is 33.8. The Labute approximate surface area is 216 Å². The minimum atomic E-state index is 0.0516. The van der Waals surface area contributed by atoms with Gasteiger partial charge < -0.3 is 14.6 Å². The van der Waals surface area contributed by atoms with E-state index < -0.39 is 0 Å². The van der Waals surface area contributed by atoms with E-state index >= 15 is 0 Å². The van der Waals surface area contributed by atoms with E-state index in [0.29, 0.717) is 5.56 Å². The van der Waals surface area contributed by atoms with Crippen LogP contribution in [0.5, 0.6) is 0 Å². The van der Waals surface area contributed by atoms with E-state index in [4.69, 9.17) is 4.84 Å². The van der Waals surface area contributed by atoms with Crippen LogP contribution in [0, 0.1) is 13.8 Å². The average Bonchev–Trinajstić information content (AvgIpc) is 2.84. The molecule has 0 N–H and O–H groups in total. The van der Waals surface area contributed by atoms with E-state index in [1.807, 2.05) is 30.9 Å². The summed E-state index contributed by atoms with van der Waals surface area (Å²) in [6.07, 6.45) is 3.42. The maximum absolute atomic E-state index is 13.2. The standard InChI is InChI=1S/C26H35BrN6O2/c1-18-16-32(14-15-33(18)24(30-35-5)21-6-8-22(27)9-7-21)26(4)10-12-31(13-11-26)25(34)23-19(2)28-17-29-20(23)3/h6-9,17-18H,10-16H2,1-5H3/t18-/m0/s1. The second-order valence-electron chi connectivity index (χ2n) is 9.80. The molecular weight excluding hydrogens is 508 g/mol. The molecule has 0 bridgehead atoms. The van der Waals surface area contributed by atoms with Gasteiger partial charge in [0.15, 0.2) is 5.84 Å². The van der Waals surface area contributed by atoms with Crippen LogP contribution in [-0.4, -0.2) is 87.8 Å². The molecule has 9 heteroatoms. The van der Waals surface area contributed by atoms with Crippen molar-refractivity contribution < 1.29 is 9.63 Å². The lowest BCUT2D eigenvalue weighted by molar-refractivity contribution is -0.00169. The third kappa shape index (κ3) is 5.35. The molecule has 0 unspecified atom stereocenters. The van der Waals surface area contributed by atoms with E-state index in [9.17, 15) is 4.79 Å². The Bertz CT molecular complexity index is 1060. The van der Waals surface area contributed by atoms with Gasteiger partial charge in [0.1, 0.15) is 13.4 Å². The number of benzene rings is 1. The molecule has 0 spiro atoms. The van der Waals surface area contributed by atoms with Crippen molar-refractivity contribution in [2.45, 2.75) is 52.1 Å². The second kappa shape index (κ2) is 10.6. The van der Waals surface area contributed by atoms with Crippen molar-refractivity contribution in [3.8, 4) is 0 Å². The Morgan fingerprint density at radius 3 is 2.29 bits per heavy atom. The fourth-order valence-corrected chi connectivity index (χ4v) is 5.55. The number of aromatic nitrogens is 2. The van der Waals surface area contributed by atoms with Crippen LogP contribution in [0.3, 0.4) is 0 Å². The number of rotatable bonds is 4. The number of amides is 1. The zero-order chi connectivity index (χ0) is 25.2. The molecule has 1 amide bonds. The highest BCUT2D eigenvalue weighted by molar-refractivity contribution is 9.10. The molecule has 1 aromatic carbocycles. The summed E-state index contributed by atoms with van der Waals surface area (Å²) in [7, 11) is 1.60. The van der Waals surface area contributed by atoms with Crippen molar-refractivity contribution >= 4 is 27.7 Å². The molecule has 2 aromatic rings. The molecule has 1 aromatic heterocycles. The van der Waals surface area contributed by atoms with Crippen LogP contribution in [0.1, 0.15) is 54.0 Å². The van der Waals surface area contributed by atoms with Gasteiger partial charge in [0.05, 0.1) is 17.0 Å². The summed E-state index contributed by atoms with van der Waals surface area (Å²) in [5.74, 6) is 0.921. The fraction of sp³-hybridized carbons (Fsp3) is 0.538. The number of carbonyl (C=O) groups excluding carboxylic acids is 1. The Morgan fingerprint density at radius 2 is 1.71 bits per heavy atom. The van der Waals surface area contributed by atoms with Crippen LogP contribution < -0.4 is 0 Å². The first kappa shape index (κ1) is 25.6. The number of piperidine rings is 1. The number of hydrogen-bond acceptors (Lipinski definition) is 6. The minimum absolute atomic E-state index is 0.0516. The molecule has 1 atom stereocenters. The van der Waals surface area contributed by atoms with Crippen molar-refractivity contribution in [1.29, 1.82) is 0 Å². The molecule has 8 nitrogen and oxygen atoms in total. The summed E-state index contributed by atoms with van der Waals surface area (Å²) < 4.78 is 1.04. The number of aryl methyl sites for hydroxylation is 2. The van der Waals surface area contributed by atoms with Gasteiger partial charge in [-0.3, -0.25) is 9.69 Å². The van der Waals surface area contributed by atoms with Crippen molar-refractivity contribution in [3.05, 3.63) is 57.6 Å². The minimum Gasteiger partial charge on any atom is -0.397 e. The molecule has 2 fully saturated rings. The summed E-state index contributed by atoms with van der Waals surface area (Å²) in [6.45, 7) is 12.6. The predicted octanol–water partition coefficient (Wildman–Crippen LogP) is 3.86. The van der Waals surface area contributed by atoms with Gasteiger partial charge >= 0.3 is 0 Å². The van der Waals surface area contributed by atoms with Crippen molar-refractivity contribution in [2.75, 3.05) is 39.8 Å². The molecule has 2 aliphatic rings. The monoisotopic (exact) mass is 542 g/mol. The highest BCUT2D eigenvalue weighted by Gasteiger charge is 2.41. The molecular formula is C26H35BrN6O2. The normalized spacial score (nSPS) is 21.2. The molecule has 2 aliphatic heterocycles. The van der Waals surface area contributed by atoms with Gasteiger partial charge in [-0.05, 0) is 52.7 Å². The van der Waals surface area contributed by atoms with Crippen LogP contribution in [0.15, 0.2) is 40.2 Å². The highest BCUT2D eigenvalue weighted by Crippen LogP contribution is 2.32.